The van der Waals surface area contributed by atoms with Crippen molar-refractivity contribution in [3.8, 4) is 0 Å². The summed E-state index contributed by atoms with van der Waals surface area (Å²) in [6, 6.07) is 11.6. The highest BCUT2D eigenvalue weighted by molar-refractivity contribution is 5.47. The van der Waals surface area contributed by atoms with Gasteiger partial charge in [0.15, 0.2) is 0 Å². The average molecular weight is 228 g/mol. The van der Waals surface area contributed by atoms with Gasteiger partial charge in [-0.15, -0.1) is 0 Å². The lowest BCUT2D eigenvalue weighted by molar-refractivity contribution is 0.220. The van der Waals surface area contributed by atoms with Crippen LogP contribution in [0.1, 0.15) is 17.2 Å². The maximum atomic E-state index is 10.2. The van der Waals surface area contributed by atoms with Crippen molar-refractivity contribution >= 4 is 5.69 Å². The number of hydrogen-bond donors (Lipinski definition) is 1. The Labute approximate surface area is 101 Å². The fourth-order valence-electron chi connectivity index (χ4n) is 1.68. The van der Waals surface area contributed by atoms with Crippen molar-refractivity contribution in [2.75, 3.05) is 19.0 Å². The molecule has 0 amide bonds. The number of hydrogen-bond acceptors (Lipinski definition) is 3. The van der Waals surface area contributed by atoms with E-state index in [1.165, 1.54) is 0 Å². The summed E-state index contributed by atoms with van der Waals surface area (Å²) in [6.07, 6.45) is 2.77. The fourth-order valence-corrected chi connectivity index (χ4v) is 1.68. The van der Waals surface area contributed by atoms with E-state index in [1.807, 2.05) is 55.4 Å². The molecule has 1 aromatic heterocycles. The van der Waals surface area contributed by atoms with Crippen LogP contribution in [0.25, 0.3) is 0 Å². The van der Waals surface area contributed by atoms with E-state index in [1.54, 1.807) is 12.4 Å². The number of nitrogens with zero attached hydrogens (tertiary/aromatic N) is 2. The van der Waals surface area contributed by atoms with Gasteiger partial charge in [0.2, 0.25) is 0 Å². The Morgan fingerprint density at radius 1 is 1.06 bits per heavy atom. The van der Waals surface area contributed by atoms with Crippen LogP contribution in [0.5, 0.6) is 0 Å². The van der Waals surface area contributed by atoms with Crippen molar-refractivity contribution in [3.63, 3.8) is 0 Å². The molecule has 17 heavy (non-hydrogen) atoms. The first-order valence-corrected chi connectivity index (χ1v) is 5.54. The van der Waals surface area contributed by atoms with Crippen LogP contribution >= 0.6 is 0 Å². The molecule has 0 aliphatic carbocycles. The predicted octanol–water partition coefficient (Wildman–Crippen LogP) is 2.23. The van der Waals surface area contributed by atoms with Crippen LogP contribution in [-0.2, 0) is 0 Å². The summed E-state index contributed by atoms with van der Waals surface area (Å²) in [6.45, 7) is 0. The number of pyridine rings is 1. The molecule has 1 atom stereocenters. The molecular weight excluding hydrogens is 212 g/mol. The molecule has 2 aromatic rings. The Kier molecular flexibility index (Phi) is 3.40. The van der Waals surface area contributed by atoms with Gasteiger partial charge in [0, 0.05) is 37.7 Å². The first-order chi connectivity index (χ1) is 8.18. The molecule has 0 spiro atoms. The summed E-state index contributed by atoms with van der Waals surface area (Å²) >= 11 is 0. The van der Waals surface area contributed by atoms with Crippen LogP contribution in [0, 0.1) is 0 Å². The minimum absolute atomic E-state index is 0.611. The number of rotatable bonds is 3. The molecule has 0 fully saturated rings. The quantitative estimate of drug-likeness (QED) is 0.875. The van der Waals surface area contributed by atoms with Gasteiger partial charge in [-0.05, 0) is 23.8 Å². The molecule has 0 saturated heterocycles. The molecule has 0 saturated carbocycles. The van der Waals surface area contributed by atoms with Crippen molar-refractivity contribution in [2.24, 2.45) is 0 Å². The van der Waals surface area contributed by atoms with Crippen LogP contribution in [0.2, 0.25) is 0 Å². The van der Waals surface area contributed by atoms with E-state index < -0.39 is 6.10 Å². The van der Waals surface area contributed by atoms with Gasteiger partial charge in [0.05, 0.1) is 0 Å². The third-order valence-electron chi connectivity index (χ3n) is 2.73. The standard InChI is InChI=1S/C14H16N2O/c1-16(2)13-7-5-11(6-8-13)14(17)12-4-3-9-15-10-12/h3-10,14,17H,1-2H3. The van der Waals surface area contributed by atoms with Crippen LogP contribution in [-0.4, -0.2) is 24.2 Å². The molecule has 0 bridgehead atoms. The lowest BCUT2D eigenvalue weighted by Gasteiger charge is -2.15. The highest BCUT2D eigenvalue weighted by atomic mass is 16.3. The van der Waals surface area contributed by atoms with Gasteiger partial charge in [0.25, 0.3) is 0 Å². The normalized spacial score (nSPS) is 12.2. The molecular formula is C14H16N2O. The molecule has 3 heteroatoms. The lowest BCUT2D eigenvalue weighted by atomic mass is 10.0. The zero-order valence-electron chi connectivity index (χ0n) is 10.0. The monoisotopic (exact) mass is 228 g/mol. The van der Waals surface area contributed by atoms with E-state index in [-0.39, 0.29) is 0 Å². The van der Waals surface area contributed by atoms with Gasteiger partial charge in [-0.25, -0.2) is 0 Å². The fraction of sp³-hybridized carbons (Fsp3) is 0.214. The maximum Gasteiger partial charge on any atom is 0.106 e. The molecule has 88 valence electrons. The molecule has 0 aliphatic rings. The Bertz CT molecular complexity index is 465. The minimum Gasteiger partial charge on any atom is -0.384 e. The van der Waals surface area contributed by atoms with Gasteiger partial charge in [-0.3, -0.25) is 4.98 Å². The highest BCUT2D eigenvalue weighted by Crippen LogP contribution is 2.23. The first-order valence-electron chi connectivity index (χ1n) is 5.54. The van der Waals surface area contributed by atoms with Gasteiger partial charge >= 0.3 is 0 Å². The van der Waals surface area contributed by atoms with E-state index >= 15 is 0 Å². The van der Waals surface area contributed by atoms with Gasteiger partial charge in [-0.1, -0.05) is 18.2 Å². The molecule has 1 unspecified atom stereocenters. The van der Waals surface area contributed by atoms with Gasteiger partial charge < -0.3 is 10.0 Å². The second kappa shape index (κ2) is 4.97. The van der Waals surface area contributed by atoms with E-state index in [2.05, 4.69) is 4.98 Å². The molecule has 0 radical (unpaired) electrons. The Morgan fingerprint density at radius 3 is 2.29 bits per heavy atom. The first kappa shape index (κ1) is 11.6. The summed E-state index contributed by atoms with van der Waals surface area (Å²) in [5.41, 5.74) is 2.81. The van der Waals surface area contributed by atoms with Crippen LogP contribution in [0.3, 0.4) is 0 Å². The van der Waals surface area contributed by atoms with Crippen LogP contribution < -0.4 is 4.90 Å². The third-order valence-corrected chi connectivity index (χ3v) is 2.73. The predicted molar refractivity (Wildman–Crippen MR) is 69.1 cm³/mol. The van der Waals surface area contributed by atoms with Crippen molar-refractivity contribution in [1.29, 1.82) is 0 Å². The van der Waals surface area contributed by atoms with Crippen LogP contribution in [0.15, 0.2) is 48.8 Å². The molecule has 1 aromatic carbocycles. The summed E-state index contributed by atoms with van der Waals surface area (Å²) in [5.74, 6) is 0. The van der Waals surface area contributed by atoms with Crippen molar-refractivity contribution in [3.05, 3.63) is 59.9 Å². The number of benzene rings is 1. The smallest absolute Gasteiger partial charge is 0.106 e. The summed E-state index contributed by atoms with van der Waals surface area (Å²) in [7, 11) is 3.99. The summed E-state index contributed by atoms with van der Waals surface area (Å²) < 4.78 is 0. The van der Waals surface area contributed by atoms with E-state index in [4.69, 9.17) is 0 Å². The zero-order chi connectivity index (χ0) is 12.3. The SMILES string of the molecule is CN(C)c1ccc(C(O)c2cccnc2)cc1. The second-order valence-electron chi connectivity index (χ2n) is 4.17. The molecule has 3 nitrogen and oxygen atoms in total. The summed E-state index contributed by atoms with van der Waals surface area (Å²) in [5, 5.41) is 10.2. The molecule has 0 aliphatic heterocycles. The van der Waals surface area contributed by atoms with E-state index in [0.29, 0.717) is 0 Å². The van der Waals surface area contributed by atoms with E-state index in [9.17, 15) is 5.11 Å². The second-order valence-corrected chi connectivity index (χ2v) is 4.17. The average Bonchev–Trinajstić information content (AvgIpc) is 2.39. The van der Waals surface area contributed by atoms with E-state index in [0.717, 1.165) is 16.8 Å². The summed E-state index contributed by atoms with van der Waals surface area (Å²) in [4.78, 5) is 6.04. The lowest BCUT2D eigenvalue weighted by Crippen LogP contribution is -2.08. The molecule has 1 N–H and O–H groups in total. The minimum atomic E-state index is -0.611. The van der Waals surface area contributed by atoms with Gasteiger partial charge in [-0.2, -0.15) is 0 Å². The Hall–Kier alpha value is -1.87. The number of anilines is 1. The van der Waals surface area contributed by atoms with Gasteiger partial charge in [0.1, 0.15) is 6.10 Å². The topological polar surface area (TPSA) is 36.4 Å². The Balaban J connectivity index is 2.23. The molecule has 1 heterocycles. The number of aliphatic hydroxyl groups excluding tert-OH is 1. The van der Waals surface area contributed by atoms with Crippen molar-refractivity contribution in [2.45, 2.75) is 6.10 Å². The third kappa shape index (κ3) is 2.63. The Morgan fingerprint density at radius 2 is 1.76 bits per heavy atom. The highest BCUT2D eigenvalue weighted by Gasteiger charge is 2.10. The maximum absolute atomic E-state index is 10.2. The van der Waals surface area contributed by atoms with Crippen LogP contribution in [0.4, 0.5) is 5.69 Å². The number of aromatic nitrogens is 1. The number of aliphatic hydroxyl groups is 1. The largest absolute Gasteiger partial charge is 0.384 e. The van der Waals surface area contributed by atoms with Crippen molar-refractivity contribution in [1.82, 2.24) is 4.98 Å². The zero-order valence-corrected chi connectivity index (χ0v) is 10.0. The molecule has 2 rings (SSSR count). The van der Waals surface area contributed by atoms with Crippen molar-refractivity contribution < 1.29 is 5.11 Å².